The molecule has 2 bridgehead atoms. The first-order valence-corrected chi connectivity index (χ1v) is 12.9. The molecule has 1 aliphatic carbocycles. The maximum Gasteiger partial charge on any atom is 0.226 e. The van der Waals surface area contributed by atoms with Gasteiger partial charge in [0.1, 0.15) is 5.75 Å². The fraction of sp³-hybridized carbons (Fsp3) is 0.682. The fourth-order valence-corrected chi connectivity index (χ4v) is 5.93. The second-order valence-corrected chi connectivity index (χ2v) is 10.5. The van der Waals surface area contributed by atoms with Crippen LogP contribution < -0.4 is 9.46 Å². The Labute approximate surface area is 179 Å². The van der Waals surface area contributed by atoms with E-state index in [2.05, 4.69) is 10.8 Å². The van der Waals surface area contributed by atoms with Crippen molar-refractivity contribution in [2.45, 2.75) is 69.1 Å². The molecule has 3 heterocycles. The van der Waals surface area contributed by atoms with Crippen LogP contribution in [-0.2, 0) is 19.6 Å². The summed E-state index contributed by atoms with van der Waals surface area (Å²) in [6.45, 7) is 1.31. The Balaban J connectivity index is 1.57. The SMILES string of the molecule is CS(=O)(=O)NC1CCCN2C(=O)CCOc3ccccc3C3CCC(CC3)OCC12. The molecule has 0 spiro atoms. The lowest BCUT2D eigenvalue weighted by Gasteiger charge is -2.42. The summed E-state index contributed by atoms with van der Waals surface area (Å²) in [7, 11) is -3.37. The van der Waals surface area contributed by atoms with Crippen LogP contribution in [0.1, 0.15) is 56.4 Å². The summed E-state index contributed by atoms with van der Waals surface area (Å²) < 4.78 is 38.8. The maximum absolute atomic E-state index is 13.0. The molecular formula is C22H32N2O5S. The fourth-order valence-electron chi connectivity index (χ4n) is 5.10. The number of benzene rings is 1. The van der Waals surface area contributed by atoms with Crippen molar-refractivity contribution in [3.05, 3.63) is 29.8 Å². The van der Waals surface area contributed by atoms with Crippen LogP contribution in [0.3, 0.4) is 0 Å². The van der Waals surface area contributed by atoms with Gasteiger partial charge in [-0.05, 0) is 56.1 Å². The molecule has 1 saturated carbocycles. The zero-order valence-corrected chi connectivity index (χ0v) is 18.4. The zero-order chi connectivity index (χ0) is 21.1. The van der Waals surface area contributed by atoms with Crippen molar-refractivity contribution >= 4 is 15.9 Å². The van der Waals surface area contributed by atoms with Gasteiger partial charge < -0.3 is 14.4 Å². The Morgan fingerprint density at radius 2 is 1.87 bits per heavy atom. The van der Waals surface area contributed by atoms with E-state index in [-0.39, 0.29) is 30.5 Å². The Kier molecular flexibility index (Phi) is 6.65. The van der Waals surface area contributed by atoms with Crippen LogP contribution in [0.4, 0.5) is 0 Å². The third kappa shape index (κ3) is 5.15. The van der Waals surface area contributed by atoms with Gasteiger partial charge in [0.2, 0.25) is 15.9 Å². The number of rotatable bonds is 2. The second kappa shape index (κ2) is 9.24. The largest absolute Gasteiger partial charge is 0.493 e. The molecule has 8 heteroatoms. The van der Waals surface area contributed by atoms with Gasteiger partial charge in [-0.15, -0.1) is 0 Å². The Morgan fingerprint density at radius 3 is 2.63 bits per heavy atom. The first-order valence-electron chi connectivity index (χ1n) is 11.0. The summed E-state index contributed by atoms with van der Waals surface area (Å²) in [5.74, 6) is 1.31. The number of para-hydroxylation sites is 1. The van der Waals surface area contributed by atoms with Crippen LogP contribution in [0.5, 0.6) is 5.75 Å². The van der Waals surface area contributed by atoms with Crippen molar-refractivity contribution in [1.29, 1.82) is 0 Å². The molecule has 0 aromatic heterocycles. The van der Waals surface area contributed by atoms with Gasteiger partial charge in [0.15, 0.2) is 0 Å². The van der Waals surface area contributed by atoms with E-state index >= 15 is 0 Å². The number of hydrogen-bond donors (Lipinski definition) is 1. The number of nitrogens with one attached hydrogen (secondary N) is 1. The summed E-state index contributed by atoms with van der Waals surface area (Å²) in [5, 5.41) is 0. The van der Waals surface area contributed by atoms with E-state index in [9.17, 15) is 13.2 Å². The number of hydrogen-bond acceptors (Lipinski definition) is 5. The number of sulfonamides is 1. The van der Waals surface area contributed by atoms with Crippen LogP contribution in [-0.4, -0.2) is 63.4 Å². The number of fused-ring (bicyclic) bond motifs is 6. The van der Waals surface area contributed by atoms with Gasteiger partial charge in [-0.2, -0.15) is 0 Å². The first-order chi connectivity index (χ1) is 14.4. The minimum atomic E-state index is -3.37. The van der Waals surface area contributed by atoms with Crippen molar-refractivity contribution in [2.75, 3.05) is 26.0 Å². The van der Waals surface area contributed by atoms with E-state index in [0.717, 1.165) is 37.9 Å². The lowest BCUT2D eigenvalue weighted by atomic mass is 9.82. The highest BCUT2D eigenvalue weighted by Gasteiger charge is 2.37. The van der Waals surface area contributed by atoms with Crippen molar-refractivity contribution in [1.82, 2.24) is 9.62 Å². The van der Waals surface area contributed by atoms with Crippen molar-refractivity contribution < 1.29 is 22.7 Å². The first kappa shape index (κ1) is 21.6. The molecule has 1 saturated heterocycles. The lowest BCUT2D eigenvalue weighted by Crippen LogP contribution is -2.59. The Bertz CT molecular complexity index is 851. The third-order valence-electron chi connectivity index (χ3n) is 6.57. The van der Waals surface area contributed by atoms with Crippen molar-refractivity contribution in [2.24, 2.45) is 0 Å². The van der Waals surface area contributed by atoms with Crippen LogP contribution >= 0.6 is 0 Å². The smallest absolute Gasteiger partial charge is 0.226 e. The molecule has 5 rings (SSSR count). The number of piperidine rings is 1. The molecule has 1 aromatic rings. The molecule has 2 atom stereocenters. The molecule has 1 amide bonds. The Hall–Kier alpha value is -1.64. The third-order valence-corrected chi connectivity index (χ3v) is 7.30. The molecule has 7 nitrogen and oxygen atoms in total. The summed E-state index contributed by atoms with van der Waals surface area (Å²) in [6, 6.07) is 7.55. The molecule has 4 aliphatic rings. The van der Waals surface area contributed by atoms with E-state index in [4.69, 9.17) is 9.47 Å². The monoisotopic (exact) mass is 436 g/mol. The average molecular weight is 437 g/mol. The molecule has 1 aromatic carbocycles. The summed E-state index contributed by atoms with van der Waals surface area (Å²) >= 11 is 0. The summed E-state index contributed by atoms with van der Waals surface area (Å²) in [5.41, 5.74) is 1.23. The van der Waals surface area contributed by atoms with Crippen LogP contribution in [0.15, 0.2) is 24.3 Å². The number of carbonyl (C=O) groups is 1. The highest BCUT2D eigenvalue weighted by atomic mass is 32.2. The van der Waals surface area contributed by atoms with Crippen molar-refractivity contribution in [3.63, 3.8) is 0 Å². The van der Waals surface area contributed by atoms with Gasteiger partial charge in [-0.25, -0.2) is 13.1 Å². The van der Waals surface area contributed by atoms with E-state index in [1.54, 1.807) is 4.90 Å². The Morgan fingerprint density at radius 1 is 1.10 bits per heavy atom. The highest BCUT2D eigenvalue weighted by Crippen LogP contribution is 2.38. The van der Waals surface area contributed by atoms with Crippen LogP contribution in [0.2, 0.25) is 0 Å². The molecule has 0 radical (unpaired) electrons. The minimum absolute atomic E-state index is 0.0108. The van der Waals surface area contributed by atoms with Crippen LogP contribution in [0, 0.1) is 0 Å². The predicted molar refractivity (Wildman–Crippen MR) is 114 cm³/mol. The lowest BCUT2D eigenvalue weighted by molar-refractivity contribution is -0.139. The quantitative estimate of drug-likeness (QED) is 0.770. The normalized spacial score (nSPS) is 30.7. The molecule has 2 fully saturated rings. The number of carbonyl (C=O) groups excluding carboxylic acids is 1. The van der Waals surface area contributed by atoms with E-state index in [1.165, 1.54) is 11.8 Å². The maximum atomic E-state index is 13.0. The minimum Gasteiger partial charge on any atom is -0.493 e. The number of nitrogens with zero attached hydrogens (tertiary/aromatic N) is 1. The van der Waals surface area contributed by atoms with Gasteiger partial charge >= 0.3 is 0 Å². The number of ether oxygens (including phenoxy) is 2. The number of amides is 1. The van der Waals surface area contributed by atoms with Gasteiger partial charge in [0.05, 0.1) is 38.0 Å². The van der Waals surface area contributed by atoms with Crippen molar-refractivity contribution in [3.8, 4) is 5.75 Å². The second-order valence-electron chi connectivity index (χ2n) is 8.74. The molecule has 3 aliphatic heterocycles. The van der Waals surface area contributed by atoms with Gasteiger partial charge in [0.25, 0.3) is 0 Å². The standard InChI is InChI=1S/C22H32N2O5S/c1-30(26,27)23-19-6-4-13-24-20(19)15-29-17-10-8-16(9-11-17)18-5-2-3-7-21(18)28-14-12-22(24)25/h2-3,5,7,16-17,19-20,23H,4,6,8-15H2,1H3. The van der Waals surface area contributed by atoms with Crippen LogP contribution in [0.25, 0.3) is 0 Å². The zero-order valence-electron chi connectivity index (χ0n) is 17.6. The average Bonchev–Trinajstić information content (AvgIpc) is 2.72. The van der Waals surface area contributed by atoms with Gasteiger partial charge in [0, 0.05) is 12.6 Å². The summed E-state index contributed by atoms with van der Waals surface area (Å²) in [4.78, 5) is 14.8. The van der Waals surface area contributed by atoms with E-state index in [0.29, 0.717) is 32.1 Å². The molecule has 1 N–H and O–H groups in total. The summed E-state index contributed by atoms with van der Waals surface area (Å²) in [6.07, 6.45) is 7.08. The van der Waals surface area contributed by atoms with E-state index in [1.807, 2.05) is 18.2 Å². The molecular weight excluding hydrogens is 404 g/mol. The molecule has 2 unspecified atom stereocenters. The van der Waals surface area contributed by atoms with E-state index < -0.39 is 10.0 Å². The van der Waals surface area contributed by atoms with Gasteiger partial charge in [-0.1, -0.05) is 18.2 Å². The predicted octanol–water partition coefficient (Wildman–Crippen LogP) is 2.42. The van der Waals surface area contributed by atoms with Gasteiger partial charge in [-0.3, -0.25) is 4.79 Å². The molecule has 166 valence electrons. The highest BCUT2D eigenvalue weighted by molar-refractivity contribution is 7.88. The topological polar surface area (TPSA) is 84.9 Å². The molecule has 30 heavy (non-hydrogen) atoms.